The van der Waals surface area contributed by atoms with Gasteiger partial charge in [-0.1, -0.05) is 15.9 Å². The second-order valence-corrected chi connectivity index (χ2v) is 5.40. The molecule has 0 spiro atoms. The molecule has 0 aromatic heterocycles. The van der Waals surface area contributed by atoms with Gasteiger partial charge in [-0.25, -0.2) is 4.79 Å². The van der Waals surface area contributed by atoms with Crippen LogP contribution in [0.4, 0.5) is 0 Å². The van der Waals surface area contributed by atoms with Gasteiger partial charge >= 0.3 is 5.97 Å². The van der Waals surface area contributed by atoms with Crippen LogP contribution in [0.15, 0.2) is 22.7 Å². The Hall–Kier alpha value is -1.36. The molecule has 0 aliphatic heterocycles. The van der Waals surface area contributed by atoms with E-state index in [0.29, 0.717) is 22.7 Å². The fourth-order valence-corrected chi connectivity index (χ4v) is 2.06. The van der Waals surface area contributed by atoms with Crippen molar-refractivity contribution >= 4 is 27.7 Å². The summed E-state index contributed by atoms with van der Waals surface area (Å²) in [6, 6.07) is 4.94. The molecule has 1 aromatic rings. The molecule has 1 aliphatic rings. The summed E-state index contributed by atoms with van der Waals surface area (Å²) in [6.07, 6.45) is 2.39. The Kier molecular flexibility index (Phi) is 4.58. The lowest BCUT2D eigenvalue weighted by Crippen LogP contribution is -2.17. The first kappa shape index (κ1) is 14.1. The van der Waals surface area contributed by atoms with Gasteiger partial charge in [0.15, 0.2) is 0 Å². The molecule has 1 saturated carbocycles. The highest BCUT2D eigenvalue weighted by molar-refractivity contribution is 9.10. The van der Waals surface area contributed by atoms with Gasteiger partial charge in [0.25, 0.3) is 5.78 Å². The van der Waals surface area contributed by atoms with E-state index < -0.39 is 11.8 Å². The number of benzene rings is 1. The van der Waals surface area contributed by atoms with Crippen molar-refractivity contribution in [3.05, 3.63) is 28.2 Å². The Bertz CT molecular complexity index is 494. The molecule has 102 valence electrons. The van der Waals surface area contributed by atoms with Crippen LogP contribution in [0.3, 0.4) is 0 Å². The zero-order valence-electron chi connectivity index (χ0n) is 10.6. The zero-order valence-corrected chi connectivity index (χ0v) is 12.2. The van der Waals surface area contributed by atoms with E-state index in [0.717, 1.165) is 0 Å². The maximum absolute atomic E-state index is 11.8. The number of halogens is 1. The molecule has 1 aliphatic carbocycles. The fraction of sp³-hybridized carbons (Fsp3) is 0.429. The van der Waals surface area contributed by atoms with Crippen molar-refractivity contribution in [2.75, 3.05) is 13.2 Å². The number of ketones is 1. The average molecular weight is 327 g/mol. The summed E-state index contributed by atoms with van der Waals surface area (Å²) >= 11 is 3.31. The smallest absolute Gasteiger partial charge is 0.379 e. The molecular weight excluding hydrogens is 312 g/mol. The van der Waals surface area contributed by atoms with Crippen LogP contribution in [0.1, 0.15) is 30.1 Å². The third kappa shape index (κ3) is 4.06. The summed E-state index contributed by atoms with van der Waals surface area (Å²) in [4.78, 5) is 23.3. The Morgan fingerprint density at radius 2 is 2.05 bits per heavy atom. The summed E-state index contributed by atoms with van der Waals surface area (Å²) in [7, 11) is 0. The van der Waals surface area contributed by atoms with Gasteiger partial charge < -0.3 is 9.47 Å². The topological polar surface area (TPSA) is 52.6 Å². The van der Waals surface area contributed by atoms with Gasteiger partial charge in [0, 0.05) is 10.0 Å². The van der Waals surface area contributed by atoms with Crippen LogP contribution in [0, 0.1) is 5.92 Å². The van der Waals surface area contributed by atoms with Crippen LogP contribution >= 0.6 is 15.9 Å². The lowest BCUT2D eigenvalue weighted by Gasteiger charge is -2.08. The quantitative estimate of drug-likeness (QED) is 0.458. The summed E-state index contributed by atoms with van der Waals surface area (Å²) in [6.45, 7) is 2.50. The monoisotopic (exact) mass is 326 g/mol. The number of rotatable bonds is 6. The summed E-state index contributed by atoms with van der Waals surface area (Å²) in [5, 5.41) is 0. The van der Waals surface area contributed by atoms with E-state index in [1.807, 2.05) is 0 Å². The van der Waals surface area contributed by atoms with Gasteiger partial charge in [0.05, 0.1) is 13.2 Å². The van der Waals surface area contributed by atoms with Gasteiger partial charge in [-0.15, -0.1) is 0 Å². The molecule has 0 unspecified atom stereocenters. The highest BCUT2D eigenvalue weighted by atomic mass is 79.9. The molecule has 4 nitrogen and oxygen atoms in total. The fourth-order valence-electron chi connectivity index (χ4n) is 1.59. The number of ether oxygens (including phenoxy) is 2. The minimum absolute atomic E-state index is 0.184. The van der Waals surface area contributed by atoms with E-state index in [1.54, 1.807) is 25.1 Å². The van der Waals surface area contributed by atoms with Crippen LogP contribution in [0.2, 0.25) is 0 Å². The first-order chi connectivity index (χ1) is 9.10. The van der Waals surface area contributed by atoms with Gasteiger partial charge in [-0.3, -0.25) is 4.79 Å². The Labute approximate surface area is 120 Å². The average Bonchev–Trinajstić information content (AvgIpc) is 3.19. The summed E-state index contributed by atoms with van der Waals surface area (Å²) in [5.41, 5.74) is 0.277. The van der Waals surface area contributed by atoms with E-state index in [9.17, 15) is 9.59 Å². The lowest BCUT2D eigenvalue weighted by molar-refractivity contribution is -0.137. The maximum atomic E-state index is 11.8. The minimum atomic E-state index is -0.839. The summed E-state index contributed by atoms with van der Waals surface area (Å²) in [5.74, 6) is -0.273. The van der Waals surface area contributed by atoms with Crippen molar-refractivity contribution in [1.82, 2.24) is 0 Å². The normalized spacial score (nSPS) is 14.0. The highest BCUT2D eigenvalue weighted by Gasteiger charge is 2.23. The van der Waals surface area contributed by atoms with E-state index in [4.69, 9.17) is 9.47 Å². The molecule has 19 heavy (non-hydrogen) atoms. The summed E-state index contributed by atoms with van der Waals surface area (Å²) < 4.78 is 11.0. The Morgan fingerprint density at radius 3 is 2.68 bits per heavy atom. The van der Waals surface area contributed by atoms with E-state index in [2.05, 4.69) is 15.9 Å². The van der Waals surface area contributed by atoms with Gasteiger partial charge in [0.2, 0.25) is 0 Å². The number of carbonyl (C=O) groups excluding carboxylic acids is 2. The molecular formula is C14H15BrO4. The Balaban J connectivity index is 2.10. The molecule has 0 N–H and O–H groups in total. The zero-order chi connectivity index (χ0) is 13.8. The van der Waals surface area contributed by atoms with Crippen LogP contribution in [-0.4, -0.2) is 25.0 Å². The van der Waals surface area contributed by atoms with Crippen LogP contribution in [-0.2, 0) is 9.53 Å². The number of carbonyl (C=O) groups is 2. The number of hydrogen-bond acceptors (Lipinski definition) is 4. The van der Waals surface area contributed by atoms with Crippen molar-refractivity contribution in [1.29, 1.82) is 0 Å². The van der Waals surface area contributed by atoms with Gasteiger partial charge in [0.1, 0.15) is 5.75 Å². The van der Waals surface area contributed by atoms with Crippen LogP contribution in [0.25, 0.3) is 0 Å². The van der Waals surface area contributed by atoms with Gasteiger partial charge in [-0.2, -0.15) is 0 Å². The molecule has 0 amide bonds. The van der Waals surface area contributed by atoms with Crippen molar-refractivity contribution < 1.29 is 19.1 Å². The largest absolute Gasteiger partial charge is 0.493 e. The maximum Gasteiger partial charge on any atom is 0.379 e. The molecule has 0 saturated heterocycles. The van der Waals surface area contributed by atoms with E-state index in [1.165, 1.54) is 12.8 Å². The minimum Gasteiger partial charge on any atom is -0.493 e. The second-order valence-electron chi connectivity index (χ2n) is 4.48. The predicted molar refractivity (Wildman–Crippen MR) is 73.3 cm³/mol. The van der Waals surface area contributed by atoms with Crippen LogP contribution < -0.4 is 4.74 Å². The van der Waals surface area contributed by atoms with Gasteiger partial charge in [-0.05, 0) is 43.9 Å². The molecule has 0 bridgehead atoms. The number of hydrogen-bond donors (Lipinski definition) is 0. The Morgan fingerprint density at radius 1 is 1.32 bits per heavy atom. The molecule has 2 rings (SSSR count). The number of Topliss-reactive ketones (excluding diaryl/α,β-unsaturated/α-hetero) is 1. The second kappa shape index (κ2) is 6.19. The van der Waals surface area contributed by atoms with Crippen LogP contribution in [0.5, 0.6) is 5.75 Å². The number of esters is 1. The standard InChI is InChI=1S/C14H15BrO4/c1-2-18-14(17)13(16)10-5-11(15)7-12(6-10)19-8-9-3-4-9/h5-7,9H,2-4,8H2,1H3. The predicted octanol–water partition coefficient (Wildman–Crippen LogP) is 2.98. The third-order valence-corrected chi connectivity index (χ3v) is 3.23. The molecule has 0 radical (unpaired) electrons. The molecule has 1 fully saturated rings. The molecule has 0 atom stereocenters. The van der Waals surface area contributed by atoms with Crippen molar-refractivity contribution in [3.8, 4) is 5.75 Å². The third-order valence-electron chi connectivity index (χ3n) is 2.78. The first-order valence-electron chi connectivity index (χ1n) is 6.25. The van der Waals surface area contributed by atoms with Crippen molar-refractivity contribution in [2.45, 2.75) is 19.8 Å². The SMILES string of the molecule is CCOC(=O)C(=O)c1cc(Br)cc(OCC2CC2)c1. The molecule has 5 heteroatoms. The first-order valence-corrected chi connectivity index (χ1v) is 7.04. The lowest BCUT2D eigenvalue weighted by atomic mass is 10.1. The van der Waals surface area contributed by atoms with Crippen molar-refractivity contribution in [2.24, 2.45) is 5.92 Å². The molecule has 0 heterocycles. The van der Waals surface area contributed by atoms with Crippen molar-refractivity contribution in [3.63, 3.8) is 0 Å². The van der Waals surface area contributed by atoms with E-state index >= 15 is 0 Å². The highest BCUT2D eigenvalue weighted by Crippen LogP contribution is 2.30. The van der Waals surface area contributed by atoms with E-state index in [-0.39, 0.29) is 12.2 Å². The molecule has 1 aromatic carbocycles.